The van der Waals surface area contributed by atoms with E-state index in [1.54, 1.807) is 4.90 Å². The molecule has 0 saturated carbocycles. The third-order valence-corrected chi connectivity index (χ3v) is 7.55. The van der Waals surface area contributed by atoms with Crippen LogP contribution in [0.1, 0.15) is 66.4 Å². The van der Waals surface area contributed by atoms with Crippen LogP contribution in [0, 0.1) is 5.92 Å². The monoisotopic (exact) mass is 410 g/mol. The van der Waals surface area contributed by atoms with Gasteiger partial charge in [0, 0.05) is 37.2 Å². The zero-order valence-electron chi connectivity index (χ0n) is 17.3. The molecule has 0 aromatic heterocycles. The summed E-state index contributed by atoms with van der Waals surface area (Å²) in [6.45, 7) is 1.99. The SMILES string of the molecule is NCC1CC2CCCC(C1)N2Cc1cccc2c1C(=O)N(C1CCC(=O)NC1=O)C2. The Morgan fingerprint density at radius 2 is 1.83 bits per heavy atom. The molecule has 3 fully saturated rings. The van der Waals surface area contributed by atoms with Gasteiger partial charge in [0.2, 0.25) is 11.8 Å². The number of hydrogen-bond donors (Lipinski definition) is 2. The molecule has 1 aromatic carbocycles. The minimum absolute atomic E-state index is 0.0721. The molecule has 1 aromatic rings. The van der Waals surface area contributed by atoms with Gasteiger partial charge in [0.25, 0.3) is 5.91 Å². The molecule has 3 N–H and O–H groups in total. The van der Waals surface area contributed by atoms with E-state index in [4.69, 9.17) is 5.73 Å². The van der Waals surface area contributed by atoms with Gasteiger partial charge in [-0.05, 0) is 55.7 Å². The van der Waals surface area contributed by atoms with Crippen LogP contribution in [0.2, 0.25) is 0 Å². The van der Waals surface area contributed by atoms with E-state index in [0.717, 1.165) is 42.6 Å². The molecular formula is C23H30N4O3. The predicted octanol–water partition coefficient (Wildman–Crippen LogP) is 1.54. The minimum Gasteiger partial charge on any atom is -0.330 e. The summed E-state index contributed by atoms with van der Waals surface area (Å²) in [6.07, 6.45) is 6.67. The lowest BCUT2D eigenvalue weighted by Gasteiger charge is -2.49. The Balaban J connectivity index is 1.38. The predicted molar refractivity (Wildman–Crippen MR) is 111 cm³/mol. The number of nitrogens with zero attached hydrogens (tertiary/aromatic N) is 2. The summed E-state index contributed by atoms with van der Waals surface area (Å²) in [5.74, 6) is -0.0688. The van der Waals surface area contributed by atoms with E-state index >= 15 is 0 Å². The van der Waals surface area contributed by atoms with Gasteiger partial charge in [0.05, 0.1) is 0 Å². The maximum atomic E-state index is 13.4. The molecule has 4 heterocycles. The number of nitrogens with two attached hydrogens (primary N) is 1. The number of piperidine rings is 3. The average Bonchev–Trinajstić information content (AvgIpc) is 3.05. The van der Waals surface area contributed by atoms with E-state index in [1.807, 2.05) is 12.1 Å². The van der Waals surface area contributed by atoms with Crippen molar-refractivity contribution in [2.75, 3.05) is 6.54 Å². The van der Waals surface area contributed by atoms with Crippen LogP contribution in [-0.2, 0) is 22.7 Å². The summed E-state index contributed by atoms with van der Waals surface area (Å²) in [7, 11) is 0. The van der Waals surface area contributed by atoms with Crippen molar-refractivity contribution in [3.63, 3.8) is 0 Å². The molecule has 3 saturated heterocycles. The number of carbonyl (C=O) groups excluding carboxylic acids is 3. The third kappa shape index (κ3) is 3.34. The van der Waals surface area contributed by atoms with Gasteiger partial charge in [0.1, 0.15) is 6.04 Å². The van der Waals surface area contributed by atoms with Crippen molar-refractivity contribution in [3.8, 4) is 0 Å². The topological polar surface area (TPSA) is 95.7 Å². The van der Waals surface area contributed by atoms with E-state index in [-0.39, 0.29) is 24.1 Å². The van der Waals surface area contributed by atoms with Crippen molar-refractivity contribution in [2.45, 2.75) is 76.2 Å². The molecule has 3 amide bonds. The summed E-state index contributed by atoms with van der Waals surface area (Å²) in [5.41, 5.74) is 8.80. The Kier molecular flexibility index (Phi) is 5.11. The van der Waals surface area contributed by atoms with Crippen LogP contribution in [-0.4, -0.2) is 52.2 Å². The first-order valence-corrected chi connectivity index (χ1v) is 11.3. The van der Waals surface area contributed by atoms with Crippen molar-refractivity contribution in [1.29, 1.82) is 0 Å². The van der Waals surface area contributed by atoms with Gasteiger partial charge in [0.15, 0.2) is 0 Å². The van der Waals surface area contributed by atoms with Crippen molar-refractivity contribution in [2.24, 2.45) is 11.7 Å². The molecule has 3 atom stereocenters. The first-order valence-electron chi connectivity index (χ1n) is 11.3. The Bertz CT molecular complexity index is 871. The fourth-order valence-electron chi connectivity index (χ4n) is 6.06. The molecular weight excluding hydrogens is 380 g/mol. The van der Waals surface area contributed by atoms with Crippen LogP contribution in [0.4, 0.5) is 0 Å². The maximum Gasteiger partial charge on any atom is 0.255 e. The molecule has 4 aliphatic heterocycles. The lowest BCUT2D eigenvalue weighted by molar-refractivity contribution is -0.136. The highest BCUT2D eigenvalue weighted by atomic mass is 16.2. The number of carbonyl (C=O) groups is 3. The zero-order valence-corrected chi connectivity index (χ0v) is 17.3. The molecule has 2 bridgehead atoms. The van der Waals surface area contributed by atoms with Crippen LogP contribution in [0.15, 0.2) is 18.2 Å². The highest BCUT2D eigenvalue weighted by molar-refractivity contribution is 6.06. The second-order valence-electron chi connectivity index (χ2n) is 9.34. The van der Waals surface area contributed by atoms with E-state index in [2.05, 4.69) is 16.3 Å². The number of imide groups is 1. The summed E-state index contributed by atoms with van der Waals surface area (Å²) in [6, 6.07) is 6.61. The van der Waals surface area contributed by atoms with Gasteiger partial charge in [-0.15, -0.1) is 0 Å². The smallest absolute Gasteiger partial charge is 0.255 e. The summed E-state index contributed by atoms with van der Waals surface area (Å²) in [4.78, 5) is 41.4. The molecule has 0 radical (unpaired) electrons. The Labute approximate surface area is 177 Å². The molecule has 5 rings (SSSR count). The first kappa shape index (κ1) is 19.7. The minimum atomic E-state index is -0.560. The molecule has 3 unspecified atom stereocenters. The quantitative estimate of drug-likeness (QED) is 0.734. The summed E-state index contributed by atoms with van der Waals surface area (Å²) in [5, 5.41) is 2.38. The largest absolute Gasteiger partial charge is 0.330 e. The van der Waals surface area contributed by atoms with Crippen LogP contribution in [0.25, 0.3) is 0 Å². The molecule has 4 aliphatic rings. The normalized spacial score (nSPS) is 31.6. The van der Waals surface area contributed by atoms with E-state index in [1.165, 1.54) is 19.3 Å². The first-order chi connectivity index (χ1) is 14.5. The number of fused-ring (bicyclic) bond motifs is 3. The van der Waals surface area contributed by atoms with Gasteiger partial charge in [-0.1, -0.05) is 24.6 Å². The molecule has 30 heavy (non-hydrogen) atoms. The van der Waals surface area contributed by atoms with Crippen LogP contribution >= 0.6 is 0 Å². The van der Waals surface area contributed by atoms with Gasteiger partial charge in [-0.25, -0.2) is 0 Å². The maximum absolute atomic E-state index is 13.4. The van der Waals surface area contributed by atoms with Crippen molar-refractivity contribution >= 4 is 17.7 Å². The van der Waals surface area contributed by atoms with Gasteiger partial charge in [-0.3, -0.25) is 24.6 Å². The fourth-order valence-corrected chi connectivity index (χ4v) is 6.06. The Hall–Kier alpha value is -2.25. The number of hydrogen-bond acceptors (Lipinski definition) is 5. The number of rotatable bonds is 4. The van der Waals surface area contributed by atoms with Crippen molar-refractivity contribution in [3.05, 3.63) is 34.9 Å². The second kappa shape index (κ2) is 7.78. The Morgan fingerprint density at radius 1 is 1.07 bits per heavy atom. The summed E-state index contributed by atoms with van der Waals surface area (Å²) < 4.78 is 0. The van der Waals surface area contributed by atoms with Crippen molar-refractivity contribution in [1.82, 2.24) is 15.1 Å². The van der Waals surface area contributed by atoms with E-state index in [9.17, 15) is 14.4 Å². The molecule has 0 aliphatic carbocycles. The number of benzene rings is 1. The summed E-state index contributed by atoms with van der Waals surface area (Å²) >= 11 is 0. The van der Waals surface area contributed by atoms with Crippen molar-refractivity contribution < 1.29 is 14.4 Å². The molecule has 160 valence electrons. The zero-order chi connectivity index (χ0) is 20.8. The second-order valence-corrected chi connectivity index (χ2v) is 9.34. The highest BCUT2D eigenvalue weighted by Gasteiger charge is 2.42. The highest BCUT2D eigenvalue weighted by Crippen LogP contribution is 2.39. The number of amides is 3. The standard InChI is InChI=1S/C23H30N4O3/c24-11-14-9-17-5-2-6-18(10-14)26(17)12-15-3-1-4-16-13-27(23(30)21(15)16)19-7-8-20(28)25-22(19)29/h1,3-4,14,17-19H,2,5-13,24H2,(H,25,28,29). The van der Waals surface area contributed by atoms with Crippen LogP contribution < -0.4 is 11.1 Å². The lowest BCUT2D eigenvalue weighted by atomic mass is 9.78. The Morgan fingerprint density at radius 3 is 2.53 bits per heavy atom. The molecule has 7 heteroatoms. The third-order valence-electron chi connectivity index (χ3n) is 7.55. The fraction of sp³-hybridized carbons (Fsp3) is 0.609. The molecule has 0 spiro atoms. The molecule has 7 nitrogen and oxygen atoms in total. The van der Waals surface area contributed by atoms with Gasteiger partial charge < -0.3 is 10.6 Å². The van der Waals surface area contributed by atoms with Crippen LogP contribution in [0.3, 0.4) is 0 Å². The van der Waals surface area contributed by atoms with Gasteiger partial charge in [-0.2, -0.15) is 0 Å². The van der Waals surface area contributed by atoms with Gasteiger partial charge >= 0.3 is 0 Å². The van der Waals surface area contributed by atoms with E-state index < -0.39 is 6.04 Å². The lowest BCUT2D eigenvalue weighted by Crippen LogP contribution is -2.53. The average molecular weight is 411 g/mol. The van der Waals surface area contributed by atoms with Crippen LogP contribution in [0.5, 0.6) is 0 Å². The number of nitrogens with one attached hydrogen (secondary N) is 1. The van der Waals surface area contributed by atoms with E-state index in [0.29, 0.717) is 31.0 Å².